The smallest absolute Gasteiger partial charge is 0.161 e. The molecule has 4 rings (SSSR count). The van der Waals surface area contributed by atoms with E-state index in [1.807, 2.05) is 7.11 Å². The molecule has 3 aliphatic carbocycles. The highest BCUT2D eigenvalue weighted by Gasteiger charge is 2.58. The summed E-state index contributed by atoms with van der Waals surface area (Å²) in [5.41, 5.74) is 2.68. The number of rotatable bonds is 3. The fourth-order valence-corrected chi connectivity index (χ4v) is 6.32. The normalized spacial score (nSPS) is 39.3. The Morgan fingerprint density at radius 3 is 2.44 bits per heavy atom. The largest absolute Gasteiger partial charge is 0.493 e. The van der Waals surface area contributed by atoms with Gasteiger partial charge in [0.1, 0.15) is 0 Å². The Morgan fingerprint density at radius 1 is 1.04 bits per heavy atom. The van der Waals surface area contributed by atoms with Gasteiger partial charge in [0.2, 0.25) is 0 Å². The Morgan fingerprint density at radius 2 is 1.76 bits per heavy atom. The predicted molar refractivity (Wildman–Crippen MR) is 96.3 cm³/mol. The molecule has 0 heterocycles. The van der Waals surface area contributed by atoms with E-state index in [0.29, 0.717) is 11.8 Å². The summed E-state index contributed by atoms with van der Waals surface area (Å²) in [6.45, 7) is 2.34. The van der Waals surface area contributed by atoms with E-state index >= 15 is 0 Å². The van der Waals surface area contributed by atoms with Gasteiger partial charge in [0.15, 0.2) is 11.5 Å². The van der Waals surface area contributed by atoms with Crippen molar-refractivity contribution in [1.29, 1.82) is 0 Å². The quantitative estimate of drug-likeness (QED) is 0.909. The highest BCUT2D eigenvalue weighted by Crippen LogP contribution is 2.61. The number of fused-ring (bicyclic) bond motifs is 5. The van der Waals surface area contributed by atoms with Crippen LogP contribution in [0.3, 0.4) is 0 Å². The van der Waals surface area contributed by atoms with Crippen molar-refractivity contribution >= 4 is 0 Å². The number of aryl methyl sites for hydroxylation is 1. The summed E-state index contributed by atoms with van der Waals surface area (Å²) in [6, 6.07) is 4.22. The SMILES string of the molecule is COc1cc2c(cc1OC)[C@@H]1[C@@H](CC2)[C@@H]2CC[C@H](OC)[C@@]2(C)C[C@H]1O. The number of ether oxygens (including phenoxy) is 3. The van der Waals surface area contributed by atoms with Crippen LogP contribution in [0.4, 0.5) is 0 Å². The molecule has 2 saturated carbocycles. The van der Waals surface area contributed by atoms with Crippen LogP contribution in [-0.2, 0) is 11.2 Å². The molecule has 25 heavy (non-hydrogen) atoms. The van der Waals surface area contributed by atoms with Gasteiger partial charge in [0, 0.05) is 13.0 Å². The minimum absolute atomic E-state index is 0.101. The lowest BCUT2D eigenvalue weighted by Gasteiger charge is -2.52. The molecule has 0 aliphatic heterocycles. The fraction of sp³-hybridized carbons (Fsp3) is 0.714. The van der Waals surface area contributed by atoms with E-state index in [1.54, 1.807) is 14.2 Å². The zero-order chi connectivity index (χ0) is 17.8. The maximum absolute atomic E-state index is 11.1. The average molecular weight is 346 g/mol. The van der Waals surface area contributed by atoms with Gasteiger partial charge in [-0.05, 0) is 72.6 Å². The lowest BCUT2D eigenvalue weighted by molar-refractivity contribution is -0.0910. The Kier molecular flexibility index (Phi) is 4.24. The molecule has 6 atom stereocenters. The topological polar surface area (TPSA) is 47.9 Å². The maximum atomic E-state index is 11.1. The Bertz CT molecular complexity index is 658. The summed E-state index contributed by atoms with van der Waals surface area (Å²) < 4.78 is 16.8. The second-order valence-electron chi connectivity index (χ2n) is 8.32. The Hall–Kier alpha value is -1.26. The first kappa shape index (κ1) is 17.2. The third kappa shape index (κ3) is 2.41. The second kappa shape index (κ2) is 6.17. The van der Waals surface area contributed by atoms with Gasteiger partial charge in [-0.15, -0.1) is 0 Å². The molecule has 0 amide bonds. The van der Waals surface area contributed by atoms with E-state index in [4.69, 9.17) is 14.2 Å². The molecule has 4 nitrogen and oxygen atoms in total. The first-order valence-electron chi connectivity index (χ1n) is 9.49. The number of hydrogen-bond donors (Lipinski definition) is 1. The van der Waals surface area contributed by atoms with Crippen molar-refractivity contribution in [1.82, 2.24) is 0 Å². The van der Waals surface area contributed by atoms with Crippen LogP contribution in [0.15, 0.2) is 12.1 Å². The molecule has 1 aromatic rings. The molecule has 1 N–H and O–H groups in total. The van der Waals surface area contributed by atoms with Gasteiger partial charge in [-0.25, -0.2) is 0 Å². The van der Waals surface area contributed by atoms with Gasteiger partial charge in [0.05, 0.1) is 26.4 Å². The molecule has 0 spiro atoms. The molecule has 138 valence electrons. The molecule has 4 heteroatoms. The monoisotopic (exact) mass is 346 g/mol. The number of methoxy groups -OCH3 is 3. The highest BCUT2D eigenvalue weighted by atomic mass is 16.5. The summed E-state index contributed by atoms with van der Waals surface area (Å²) in [5, 5.41) is 11.1. The van der Waals surface area contributed by atoms with Crippen LogP contribution >= 0.6 is 0 Å². The fourth-order valence-electron chi connectivity index (χ4n) is 6.32. The van der Waals surface area contributed by atoms with Crippen LogP contribution in [0.25, 0.3) is 0 Å². The summed E-state index contributed by atoms with van der Waals surface area (Å²) in [4.78, 5) is 0. The standard InChI is InChI=1S/C21H30O4/c1-21-11-16(22)20-13(15(21)7-8-19(21)25-4)6-5-12-9-17(23-2)18(24-3)10-14(12)20/h9-10,13,15-16,19-20,22H,5-8,11H2,1-4H3/t13-,15-,16+,19-,20-,21-/m0/s1. The summed E-state index contributed by atoms with van der Waals surface area (Å²) >= 11 is 0. The first-order valence-corrected chi connectivity index (χ1v) is 9.49. The lowest BCUT2D eigenvalue weighted by atomic mass is 9.54. The zero-order valence-corrected chi connectivity index (χ0v) is 15.7. The van der Waals surface area contributed by atoms with E-state index < -0.39 is 0 Å². The highest BCUT2D eigenvalue weighted by molar-refractivity contribution is 5.50. The van der Waals surface area contributed by atoms with E-state index in [1.165, 1.54) is 17.5 Å². The van der Waals surface area contributed by atoms with Crippen molar-refractivity contribution in [2.75, 3.05) is 21.3 Å². The molecule has 1 aromatic carbocycles. The van der Waals surface area contributed by atoms with Crippen molar-refractivity contribution in [2.24, 2.45) is 17.3 Å². The lowest BCUT2D eigenvalue weighted by Crippen LogP contribution is -2.50. The van der Waals surface area contributed by atoms with Gasteiger partial charge in [-0.2, -0.15) is 0 Å². The average Bonchev–Trinajstić information content (AvgIpc) is 2.95. The van der Waals surface area contributed by atoms with Crippen LogP contribution in [0, 0.1) is 17.3 Å². The molecule has 0 radical (unpaired) electrons. The third-order valence-corrected chi connectivity index (χ3v) is 7.40. The molecular weight excluding hydrogens is 316 g/mol. The second-order valence-corrected chi connectivity index (χ2v) is 8.32. The Balaban J connectivity index is 1.75. The van der Waals surface area contributed by atoms with E-state index in [0.717, 1.165) is 37.2 Å². The van der Waals surface area contributed by atoms with Gasteiger partial charge >= 0.3 is 0 Å². The van der Waals surface area contributed by atoms with Gasteiger partial charge in [-0.1, -0.05) is 6.92 Å². The molecule has 0 aromatic heterocycles. The summed E-state index contributed by atoms with van der Waals surface area (Å²) in [6.07, 6.45) is 5.30. The molecule has 2 fully saturated rings. The molecule has 0 bridgehead atoms. The molecule has 0 unspecified atom stereocenters. The van der Waals surface area contributed by atoms with Crippen molar-refractivity contribution < 1.29 is 19.3 Å². The van der Waals surface area contributed by atoms with E-state index in [9.17, 15) is 5.11 Å². The zero-order valence-electron chi connectivity index (χ0n) is 15.7. The molecular formula is C21H30O4. The third-order valence-electron chi connectivity index (χ3n) is 7.40. The molecule has 3 aliphatic rings. The van der Waals surface area contributed by atoms with Crippen LogP contribution < -0.4 is 9.47 Å². The van der Waals surface area contributed by atoms with Crippen LogP contribution in [0.5, 0.6) is 11.5 Å². The number of aliphatic hydroxyl groups excluding tert-OH is 1. The van der Waals surface area contributed by atoms with Crippen LogP contribution in [0.1, 0.15) is 49.7 Å². The van der Waals surface area contributed by atoms with E-state index in [-0.39, 0.29) is 23.5 Å². The van der Waals surface area contributed by atoms with Crippen molar-refractivity contribution in [3.63, 3.8) is 0 Å². The summed E-state index contributed by atoms with van der Waals surface area (Å²) in [7, 11) is 5.18. The van der Waals surface area contributed by atoms with Crippen molar-refractivity contribution in [2.45, 2.75) is 57.2 Å². The van der Waals surface area contributed by atoms with Gasteiger partial charge in [0.25, 0.3) is 0 Å². The number of benzene rings is 1. The minimum atomic E-state index is -0.320. The van der Waals surface area contributed by atoms with Gasteiger partial charge in [-0.3, -0.25) is 0 Å². The van der Waals surface area contributed by atoms with Crippen LogP contribution in [0.2, 0.25) is 0 Å². The summed E-state index contributed by atoms with van der Waals surface area (Å²) in [5.74, 6) is 2.92. The minimum Gasteiger partial charge on any atom is -0.493 e. The maximum Gasteiger partial charge on any atom is 0.161 e. The predicted octanol–water partition coefficient (Wildman–Crippen LogP) is 3.55. The number of hydrogen-bond acceptors (Lipinski definition) is 4. The van der Waals surface area contributed by atoms with Crippen molar-refractivity contribution in [3.8, 4) is 11.5 Å². The van der Waals surface area contributed by atoms with E-state index in [2.05, 4.69) is 19.1 Å². The van der Waals surface area contributed by atoms with Gasteiger partial charge < -0.3 is 19.3 Å². The van der Waals surface area contributed by atoms with Crippen LogP contribution in [-0.4, -0.2) is 38.6 Å². The first-order chi connectivity index (χ1) is 12.0. The van der Waals surface area contributed by atoms with Crippen molar-refractivity contribution in [3.05, 3.63) is 23.3 Å². The Labute approximate surface area is 150 Å². The molecule has 0 saturated heterocycles. The number of aliphatic hydroxyl groups is 1.